The molecule has 0 amide bonds. The van der Waals surface area contributed by atoms with Gasteiger partial charge in [-0.3, -0.25) is 9.67 Å². The van der Waals surface area contributed by atoms with Crippen LogP contribution in [0.2, 0.25) is 0 Å². The molecule has 0 atom stereocenters. The summed E-state index contributed by atoms with van der Waals surface area (Å²) in [5.74, 6) is 0.789. The second-order valence-corrected chi connectivity index (χ2v) is 9.37. The highest BCUT2D eigenvalue weighted by molar-refractivity contribution is 14.1. The van der Waals surface area contributed by atoms with Gasteiger partial charge in [0.25, 0.3) is 0 Å². The number of halogens is 1. The number of aryl methyl sites for hydroxylation is 1. The summed E-state index contributed by atoms with van der Waals surface area (Å²) in [6.45, 7) is 11.4. The number of aliphatic imine (C=N–C) groups is 1. The van der Waals surface area contributed by atoms with Gasteiger partial charge in [-0.15, -0.1) is 0 Å². The summed E-state index contributed by atoms with van der Waals surface area (Å²) in [5, 5.41) is 12.6. The third kappa shape index (κ3) is 4.10. The quantitative estimate of drug-likeness (QED) is 0.315. The minimum absolute atomic E-state index is 0.543. The van der Waals surface area contributed by atoms with Crippen molar-refractivity contribution in [2.24, 2.45) is 23.1 Å². The molecule has 2 heterocycles. The first-order chi connectivity index (χ1) is 13.8. The summed E-state index contributed by atoms with van der Waals surface area (Å²) in [6.07, 6.45) is 8.65. The number of aromatic nitrogens is 2. The van der Waals surface area contributed by atoms with E-state index >= 15 is 0 Å². The SMILES string of the molecule is C=C1/C(=N\N(c2ccc3nn(C)cc3c2)C(C)(C)/N=C\C)C(I)=CN1CC1CC1. The van der Waals surface area contributed by atoms with Gasteiger partial charge in [0.2, 0.25) is 0 Å². The van der Waals surface area contributed by atoms with Crippen molar-refractivity contribution in [2.45, 2.75) is 39.3 Å². The Morgan fingerprint density at radius 3 is 2.83 bits per heavy atom. The highest BCUT2D eigenvalue weighted by Crippen LogP contribution is 2.36. The van der Waals surface area contributed by atoms with Gasteiger partial charge in [0.1, 0.15) is 11.4 Å². The molecule has 0 spiro atoms. The highest BCUT2D eigenvalue weighted by Gasteiger charge is 2.32. The predicted molar refractivity (Wildman–Crippen MR) is 130 cm³/mol. The van der Waals surface area contributed by atoms with E-state index in [1.165, 1.54) is 12.8 Å². The number of fused-ring (bicyclic) bond motifs is 1. The van der Waals surface area contributed by atoms with Gasteiger partial charge in [0.15, 0.2) is 0 Å². The Kier molecular flexibility index (Phi) is 5.27. The van der Waals surface area contributed by atoms with Crippen LogP contribution in [-0.2, 0) is 7.05 Å². The minimum atomic E-state index is -0.543. The highest BCUT2D eigenvalue weighted by atomic mass is 127. The first kappa shape index (κ1) is 20.1. The number of allylic oxidation sites excluding steroid dienone is 1. The topological polar surface area (TPSA) is 49.0 Å². The van der Waals surface area contributed by atoms with Crippen molar-refractivity contribution in [2.75, 3.05) is 11.6 Å². The standard InChI is InChI=1S/C22H27IN6/c1-6-24-22(3,4)29(18-9-10-20-17(11-18)13-27(5)25-20)26-21-15(2)28(14-19(21)23)12-16-7-8-16/h6,9-11,13-14,16H,2,7-8,12H2,1,3-5H3/b24-6-,26-21+. The summed E-state index contributed by atoms with van der Waals surface area (Å²) in [6, 6.07) is 6.21. The molecule has 0 N–H and O–H groups in total. The Bertz CT molecular complexity index is 1040. The number of hydrazone groups is 1. The van der Waals surface area contributed by atoms with E-state index in [1.54, 1.807) is 0 Å². The number of hydrogen-bond donors (Lipinski definition) is 0. The van der Waals surface area contributed by atoms with Crippen LogP contribution in [0.15, 0.2) is 56.5 Å². The zero-order chi connectivity index (χ0) is 20.8. The van der Waals surface area contributed by atoms with E-state index in [1.807, 2.05) is 42.1 Å². The van der Waals surface area contributed by atoms with Crippen LogP contribution < -0.4 is 5.01 Å². The van der Waals surface area contributed by atoms with Gasteiger partial charge in [-0.25, -0.2) is 5.01 Å². The monoisotopic (exact) mass is 502 g/mol. The molecule has 1 aliphatic heterocycles. The van der Waals surface area contributed by atoms with Crippen molar-refractivity contribution >= 4 is 51.1 Å². The minimum Gasteiger partial charge on any atom is -0.345 e. The second kappa shape index (κ2) is 7.59. The molecule has 152 valence electrons. The van der Waals surface area contributed by atoms with Gasteiger partial charge in [-0.1, -0.05) is 6.58 Å². The molecule has 1 aromatic carbocycles. The first-order valence-corrected chi connectivity index (χ1v) is 11.0. The van der Waals surface area contributed by atoms with E-state index in [4.69, 9.17) is 10.1 Å². The van der Waals surface area contributed by atoms with Gasteiger partial charge >= 0.3 is 0 Å². The lowest BCUT2D eigenvalue weighted by Crippen LogP contribution is -2.39. The second-order valence-electron chi connectivity index (χ2n) is 8.21. The molecule has 2 aromatic rings. The Morgan fingerprint density at radius 2 is 2.14 bits per heavy atom. The summed E-state index contributed by atoms with van der Waals surface area (Å²) in [5.41, 5.74) is 3.28. The number of nitrogens with zero attached hydrogens (tertiary/aromatic N) is 6. The Labute approximate surface area is 185 Å². The molecule has 6 nitrogen and oxygen atoms in total. The molecule has 1 saturated carbocycles. The molecule has 0 radical (unpaired) electrons. The van der Waals surface area contributed by atoms with Gasteiger partial charge < -0.3 is 4.90 Å². The van der Waals surface area contributed by atoms with Crippen LogP contribution in [0.5, 0.6) is 0 Å². The van der Waals surface area contributed by atoms with E-state index in [2.05, 4.69) is 71.3 Å². The normalized spacial score (nSPS) is 19.1. The maximum atomic E-state index is 5.08. The molecular weight excluding hydrogens is 475 g/mol. The summed E-state index contributed by atoms with van der Waals surface area (Å²) in [7, 11) is 1.94. The van der Waals surface area contributed by atoms with Crippen LogP contribution in [-0.4, -0.2) is 38.8 Å². The molecule has 4 rings (SSSR count). The predicted octanol–water partition coefficient (Wildman–Crippen LogP) is 5.08. The van der Waals surface area contributed by atoms with Crippen LogP contribution in [0.3, 0.4) is 0 Å². The smallest absolute Gasteiger partial charge is 0.146 e. The van der Waals surface area contributed by atoms with Crippen molar-refractivity contribution in [1.29, 1.82) is 0 Å². The molecule has 2 aliphatic rings. The third-order valence-corrected chi connectivity index (χ3v) is 6.07. The molecule has 7 heteroatoms. The van der Waals surface area contributed by atoms with Gasteiger partial charge in [-0.05, 0) is 86.5 Å². The lowest BCUT2D eigenvalue weighted by atomic mass is 10.1. The molecule has 1 fully saturated rings. The summed E-state index contributed by atoms with van der Waals surface area (Å²) >= 11 is 2.36. The largest absolute Gasteiger partial charge is 0.345 e. The average Bonchev–Trinajstić information content (AvgIpc) is 3.32. The molecular formula is C22H27IN6. The Morgan fingerprint density at radius 1 is 1.38 bits per heavy atom. The van der Waals surface area contributed by atoms with Crippen molar-refractivity contribution < 1.29 is 0 Å². The fraction of sp³-hybridized carbons (Fsp3) is 0.409. The molecule has 1 aromatic heterocycles. The van der Waals surface area contributed by atoms with Crippen molar-refractivity contribution in [1.82, 2.24) is 14.7 Å². The Hall–Kier alpha value is -2.16. The fourth-order valence-electron chi connectivity index (χ4n) is 3.63. The van der Waals surface area contributed by atoms with Crippen LogP contribution in [0.25, 0.3) is 10.9 Å². The maximum absolute atomic E-state index is 5.08. The van der Waals surface area contributed by atoms with E-state index < -0.39 is 5.66 Å². The fourth-order valence-corrected chi connectivity index (χ4v) is 4.39. The molecule has 0 unspecified atom stereocenters. The van der Waals surface area contributed by atoms with Crippen molar-refractivity contribution in [3.63, 3.8) is 0 Å². The summed E-state index contributed by atoms with van der Waals surface area (Å²) < 4.78 is 2.94. The molecule has 0 bridgehead atoms. The molecule has 29 heavy (non-hydrogen) atoms. The zero-order valence-corrected chi connectivity index (χ0v) is 19.6. The molecule has 1 aliphatic carbocycles. The van der Waals surface area contributed by atoms with Crippen molar-refractivity contribution in [3.8, 4) is 0 Å². The van der Waals surface area contributed by atoms with E-state index in [0.717, 1.165) is 44.0 Å². The number of hydrogen-bond acceptors (Lipinski definition) is 5. The van der Waals surface area contributed by atoms with Gasteiger partial charge in [0, 0.05) is 31.4 Å². The number of anilines is 1. The zero-order valence-electron chi connectivity index (χ0n) is 17.4. The summed E-state index contributed by atoms with van der Waals surface area (Å²) in [4.78, 5) is 6.94. The first-order valence-electron chi connectivity index (χ1n) is 9.94. The van der Waals surface area contributed by atoms with Crippen LogP contribution >= 0.6 is 22.6 Å². The van der Waals surface area contributed by atoms with E-state index in [9.17, 15) is 0 Å². The maximum Gasteiger partial charge on any atom is 0.146 e. The van der Waals surface area contributed by atoms with E-state index in [0.29, 0.717) is 0 Å². The Balaban J connectivity index is 1.75. The molecule has 0 saturated heterocycles. The van der Waals surface area contributed by atoms with Gasteiger partial charge in [0.05, 0.1) is 20.5 Å². The number of benzene rings is 1. The van der Waals surface area contributed by atoms with Crippen LogP contribution in [0, 0.1) is 5.92 Å². The average molecular weight is 502 g/mol. The lowest BCUT2D eigenvalue weighted by Gasteiger charge is -2.33. The number of rotatable bonds is 6. The van der Waals surface area contributed by atoms with Crippen LogP contribution in [0.4, 0.5) is 5.69 Å². The third-order valence-electron chi connectivity index (χ3n) is 5.28. The van der Waals surface area contributed by atoms with Gasteiger partial charge in [-0.2, -0.15) is 10.2 Å². The van der Waals surface area contributed by atoms with Crippen LogP contribution in [0.1, 0.15) is 33.6 Å². The van der Waals surface area contributed by atoms with E-state index in [-0.39, 0.29) is 0 Å². The lowest BCUT2D eigenvalue weighted by molar-refractivity contribution is 0.466. The van der Waals surface area contributed by atoms with Crippen molar-refractivity contribution in [3.05, 3.63) is 46.5 Å².